The van der Waals surface area contributed by atoms with Gasteiger partial charge in [0, 0.05) is 12.8 Å². The second-order valence-electron chi connectivity index (χ2n) is 3.60. The first-order valence-electron chi connectivity index (χ1n) is 4.51. The van der Waals surface area contributed by atoms with E-state index in [0.29, 0.717) is 0 Å². The highest BCUT2D eigenvalue weighted by Crippen LogP contribution is 2.39. The van der Waals surface area contributed by atoms with E-state index in [2.05, 4.69) is 9.47 Å². The maximum absolute atomic E-state index is 11.5. The van der Waals surface area contributed by atoms with Crippen LogP contribution in [-0.4, -0.2) is 24.5 Å². The third-order valence-electron chi connectivity index (χ3n) is 2.82. The monoisotopic (exact) mass is 198 g/mol. The lowest BCUT2D eigenvalue weighted by molar-refractivity contribution is -0.204. The molecule has 0 aromatic rings. The summed E-state index contributed by atoms with van der Waals surface area (Å²) < 4.78 is 9.37. The van der Waals surface area contributed by atoms with Crippen molar-refractivity contribution in [3.8, 4) is 0 Å². The zero-order valence-electron chi connectivity index (χ0n) is 7.58. The number of hydrogen-bond donors (Lipinski definition) is 0. The Morgan fingerprint density at radius 3 is 1.93 bits per heavy atom. The highest BCUT2D eigenvalue weighted by atomic mass is 16.7. The predicted octanol–water partition coefficient (Wildman–Crippen LogP) is 0.173. The highest BCUT2D eigenvalue weighted by molar-refractivity contribution is 6.02. The normalized spacial score (nSPS) is 25.9. The van der Waals surface area contributed by atoms with Crippen molar-refractivity contribution in [1.29, 1.82) is 0 Å². The molecule has 2 aliphatic rings. The molecule has 0 aromatic carbocycles. The van der Waals surface area contributed by atoms with Crippen LogP contribution >= 0.6 is 0 Å². The Hall–Kier alpha value is -1.39. The van der Waals surface area contributed by atoms with Crippen LogP contribution in [0.15, 0.2) is 0 Å². The lowest BCUT2D eigenvalue weighted by atomic mass is 9.73. The largest absolute Gasteiger partial charge is 0.427 e. The van der Waals surface area contributed by atoms with E-state index in [9.17, 15) is 14.4 Å². The van der Waals surface area contributed by atoms with E-state index in [1.165, 1.54) is 0 Å². The van der Waals surface area contributed by atoms with Crippen LogP contribution in [0.3, 0.4) is 0 Å². The quantitative estimate of drug-likeness (QED) is 0.410. The SMILES string of the molecule is O=C1CCC2(CC1)C(=O)OCOC2=O. The smallest absolute Gasteiger partial charge is 0.326 e. The van der Waals surface area contributed by atoms with Crippen molar-refractivity contribution in [2.24, 2.45) is 5.41 Å². The molecule has 0 amide bonds. The highest BCUT2D eigenvalue weighted by Gasteiger charge is 2.53. The molecule has 0 unspecified atom stereocenters. The third-order valence-corrected chi connectivity index (χ3v) is 2.82. The molecule has 1 aliphatic heterocycles. The number of ketones is 1. The molecule has 0 radical (unpaired) electrons. The molecule has 0 atom stereocenters. The minimum absolute atomic E-state index is 0.0850. The molecule has 14 heavy (non-hydrogen) atoms. The topological polar surface area (TPSA) is 69.7 Å². The molecule has 5 heteroatoms. The van der Waals surface area contributed by atoms with Crippen LogP contribution in [-0.2, 0) is 23.9 Å². The molecule has 0 N–H and O–H groups in total. The molecule has 5 nitrogen and oxygen atoms in total. The van der Waals surface area contributed by atoms with Crippen molar-refractivity contribution >= 4 is 17.7 Å². The van der Waals surface area contributed by atoms with Crippen LogP contribution in [0.5, 0.6) is 0 Å². The number of carbonyl (C=O) groups is 3. The Labute approximate surface area is 80.4 Å². The van der Waals surface area contributed by atoms with Crippen LogP contribution in [0.4, 0.5) is 0 Å². The summed E-state index contributed by atoms with van der Waals surface area (Å²) in [5, 5.41) is 0. The number of carbonyl (C=O) groups excluding carboxylic acids is 3. The van der Waals surface area contributed by atoms with Gasteiger partial charge in [-0.05, 0) is 12.8 Å². The summed E-state index contributed by atoms with van der Waals surface area (Å²) >= 11 is 0. The van der Waals surface area contributed by atoms with Crippen molar-refractivity contribution in [2.45, 2.75) is 25.7 Å². The summed E-state index contributed by atoms with van der Waals surface area (Å²) in [6, 6.07) is 0. The van der Waals surface area contributed by atoms with E-state index in [4.69, 9.17) is 0 Å². The summed E-state index contributed by atoms with van der Waals surface area (Å²) in [7, 11) is 0. The van der Waals surface area contributed by atoms with Crippen molar-refractivity contribution in [1.82, 2.24) is 0 Å². The van der Waals surface area contributed by atoms with E-state index in [-0.39, 0.29) is 38.3 Å². The van der Waals surface area contributed by atoms with Gasteiger partial charge in [-0.2, -0.15) is 0 Å². The van der Waals surface area contributed by atoms with E-state index in [1.807, 2.05) is 0 Å². The number of esters is 2. The van der Waals surface area contributed by atoms with Crippen molar-refractivity contribution in [2.75, 3.05) is 6.79 Å². The van der Waals surface area contributed by atoms with Gasteiger partial charge >= 0.3 is 11.9 Å². The first kappa shape index (κ1) is 9.18. The van der Waals surface area contributed by atoms with Gasteiger partial charge < -0.3 is 9.47 Å². The van der Waals surface area contributed by atoms with Crippen LogP contribution in [0.25, 0.3) is 0 Å². The van der Waals surface area contributed by atoms with E-state index in [1.54, 1.807) is 0 Å². The van der Waals surface area contributed by atoms with E-state index in [0.717, 1.165) is 0 Å². The van der Waals surface area contributed by atoms with Gasteiger partial charge in [0.05, 0.1) is 0 Å². The van der Waals surface area contributed by atoms with Gasteiger partial charge in [0.25, 0.3) is 0 Å². The molecular weight excluding hydrogens is 188 g/mol. The maximum atomic E-state index is 11.5. The number of cyclic esters (lactones) is 2. The van der Waals surface area contributed by atoms with Gasteiger partial charge in [0.1, 0.15) is 5.78 Å². The molecule has 2 fully saturated rings. The van der Waals surface area contributed by atoms with Crippen molar-refractivity contribution < 1.29 is 23.9 Å². The number of ether oxygens (including phenoxy) is 2. The average molecular weight is 198 g/mol. The zero-order valence-corrected chi connectivity index (χ0v) is 7.58. The Morgan fingerprint density at radius 1 is 0.929 bits per heavy atom. The Bertz CT molecular complexity index is 278. The molecule has 1 saturated heterocycles. The van der Waals surface area contributed by atoms with E-state index >= 15 is 0 Å². The van der Waals surface area contributed by atoms with Crippen molar-refractivity contribution in [3.63, 3.8) is 0 Å². The van der Waals surface area contributed by atoms with Gasteiger partial charge in [0.2, 0.25) is 6.79 Å². The Balaban J connectivity index is 2.23. The third kappa shape index (κ3) is 1.20. The van der Waals surface area contributed by atoms with Crippen LogP contribution in [0, 0.1) is 5.41 Å². The molecule has 1 spiro atoms. The fourth-order valence-electron chi connectivity index (χ4n) is 1.86. The maximum Gasteiger partial charge on any atom is 0.326 e. The molecule has 1 heterocycles. The molecule has 76 valence electrons. The minimum Gasteiger partial charge on any atom is -0.427 e. The second-order valence-corrected chi connectivity index (χ2v) is 3.60. The average Bonchev–Trinajstić information content (AvgIpc) is 2.17. The van der Waals surface area contributed by atoms with Gasteiger partial charge in [-0.1, -0.05) is 0 Å². The molecule has 0 bridgehead atoms. The Kier molecular flexibility index (Phi) is 2.02. The fourth-order valence-corrected chi connectivity index (χ4v) is 1.86. The predicted molar refractivity (Wildman–Crippen MR) is 43.0 cm³/mol. The van der Waals surface area contributed by atoms with Gasteiger partial charge in [-0.25, -0.2) is 0 Å². The first-order chi connectivity index (χ1) is 6.65. The lowest BCUT2D eigenvalue weighted by Crippen LogP contribution is -2.48. The second kappa shape index (κ2) is 3.08. The number of rotatable bonds is 0. The summed E-state index contributed by atoms with van der Waals surface area (Å²) in [6.45, 7) is -0.298. The lowest BCUT2D eigenvalue weighted by Gasteiger charge is -2.34. The fraction of sp³-hybridized carbons (Fsp3) is 0.667. The van der Waals surface area contributed by atoms with Gasteiger partial charge in [-0.3, -0.25) is 14.4 Å². The summed E-state index contributed by atoms with van der Waals surface area (Å²) in [5.74, 6) is -0.996. The Morgan fingerprint density at radius 2 is 1.43 bits per heavy atom. The summed E-state index contributed by atoms with van der Waals surface area (Å²) in [4.78, 5) is 33.9. The molecule has 1 aliphatic carbocycles. The van der Waals surface area contributed by atoms with Crippen LogP contribution < -0.4 is 0 Å². The number of hydrogen-bond acceptors (Lipinski definition) is 5. The standard InChI is InChI=1S/C9H10O5/c10-6-1-3-9(4-2-6)7(11)13-5-14-8(9)12/h1-5H2. The minimum atomic E-state index is -1.19. The summed E-state index contributed by atoms with van der Waals surface area (Å²) in [5.41, 5.74) is -1.19. The van der Waals surface area contributed by atoms with E-state index < -0.39 is 17.4 Å². The van der Waals surface area contributed by atoms with Gasteiger partial charge in [0.15, 0.2) is 5.41 Å². The van der Waals surface area contributed by atoms with Crippen LogP contribution in [0.1, 0.15) is 25.7 Å². The zero-order chi connectivity index (χ0) is 10.2. The van der Waals surface area contributed by atoms with Gasteiger partial charge in [-0.15, -0.1) is 0 Å². The molecule has 2 rings (SSSR count). The molecule has 1 saturated carbocycles. The van der Waals surface area contributed by atoms with Crippen molar-refractivity contribution in [3.05, 3.63) is 0 Å². The number of Topliss-reactive ketones (excluding diaryl/α,β-unsaturated/α-hetero) is 1. The molecular formula is C9H10O5. The van der Waals surface area contributed by atoms with Crippen LogP contribution in [0.2, 0.25) is 0 Å². The molecule has 0 aromatic heterocycles. The summed E-state index contributed by atoms with van der Waals surface area (Å²) in [6.07, 6.45) is 0.960. The first-order valence-corrected chi connectivity index (χ1v) is 4.51.